The molecular weight excluding hydrogens is 412 g/mol. The van der Waals surface area contributed by atoms with Crippen LogP contribution in [-0.4, -0.2) is 23.3 Å². The second kappa shape index (κ2) is 13.9. The topological polar surface area (TPSA) is 55.8 Å². The van der Waals surface area contributed by atoms with E-state index >= 15 is 0 Å². The summed E-state index contributed by atoms with van der Waals surface area (Å²) in [6.07, 6.45) is 10.3. The van der Waals surface area contributed by atoms with Crippen molar-refractivity contribution in [3.8, 4) is 11.5 Å². The number of carbonyl (C=O) groups is 1. The van der Waals surface area contributed by atoms with Crippen molar-refractivity contribution < 1.29 is 19.4 Å². The lowest BCUT2D eigenvalue weighted by Gasteiger charge is -2.39. The van der Waals surface area contributed by atoms with Gasteiger partial charge >= 0.3 is 5.97 Å². The van der Waals surface area contributed by atoms with E-state index in [-0.39, 0.29) is 12.2 Å². The summed E-state index contributed by atoms with van der Waals surface area (Å²) in [5.74, 6) is 2.39. The number of hydrogen-bond acceptors (Lipinski definition) is 3. The summed E-state index contributed by atoms with van der Waals surface area (Å²) < 4.78 is 12.4. The Labute approximate surface area is 203 Å². The minimum atomic E-state index is -0.945. The lowest BCUT2D eigenvalue weighted by molar-refractivity contribution is -0.139. The molecule has 0 aromatic heterocycles. The molecule has 1 aliphatic rings. The van der Waals surface area contributed by atoms with Crippen LogP contribution >= 0.6 is 0 Å². The zero-order valence-corrected chi connectivity index (χ0v) is 22.9. The summed E-state index contributed by atoms with van der Waals surface area (Å²) in [7, 11) is 0. The van der Waals surface area contributed by atoms with E-state index < -0.39 is 5.97 Å². The van der Waals surface area contributed by atoms with E-state index in [1.807, 2.05) is 20.8 Å². The van der Waals surface area contributed by atoms with E-state index in [1.165, 1.54) is 37.7 Å². The van der Waals surface area contributed by atoms with Crippen molar-refractivity contribution in [2.45, 2.75) is 126 Å². The standard InChI is InChI=1S/C27H44O4.C2H6/c1-8-22-23-14-16-27(7,15-10-13-19(4)12-9-11-18(2)3)31-26(23)21(6)20(5)25(22)30-17-24(28)29;1-2/h18-19H,8-17H2,1-7H3,(H,28,29);1-2H3. The Morgan fingerprint density at radius 1 is 1.09 bits per heavy atom. The number of ether oxygens (including phenoxy) is 2. The van der Waals surface area contributed by atoms with E-state index in [1.54, 1.807) is 0 Å². The summed E-state index contributed by atoms with van der Waals surface area (Å²) in [4.78, 5) is 11.0. The molecule has 0 amide bonds. The molecular formula is C29H50O4. The molecule has 2 unspecified atom stereocenters. The van der Waals surface area contributed by atoms with Crippen molar-refractivity contribution >= 4 is 5.97 Å². The van der Waals surface area contributed by atoms with Crippen LogP contribution in [0.2, 0.25) is 0 Å². The second-order valence-corrected chi connectivity index (χ2v) is 10.3. The molecule has 4 nitrogen and oxygen atoms in total. The van der Waals surface area contributed by atoms with Gasteiger partial charge in [0.2, 0.25) is 0 Å². The average molecular weight is 463 g/mol. The van der Waals surface area contributed by atoms with Gasteiger partial charge in [0, 0.05) is 11.1 Å². The van der Waals surface area contributed by atoms with Crippen LogP contribution in [0.4, 0.5) is 0 Å². The molecule has 0 saturated heterocycles. The molecule has 0 fully saturated rings. The molecule has 2 rings (SSSR count). The summed E-state index contributed by atoms with van der Waals surface area (Å²) >= 11 is 0. The van der Waals surface area contributed by atoms with Gasteiger partial charge in [-0.3, -0.25) is 0 Å². The molecule has 190 valence electrons. The number of hydrogen-bond donors (Lipinski definition) is 1. The van der Waals surface area contributed by atoms with Crippen molar-refractivity contribution in [3.63, 3.8) is 0 Å². The van der Waals surface area contributed by atoms with E-state index in [0.29, 0.717) is 0 Å². The maximum Gasteiger partial charge on any atom is 0.341 e. The molecule has 1 aliphatic heterocycles. The fourth-order valence-electron chi connectivity index (χ4n) is 4.88. The van der Waals surface area contributed by atoms with Gasteiger partial charge in [-0.1, -0.05) is 67.2 Å². The number of carboxylic acids is 1. The van der Waals surface area contributed by atoms with Gasteiger partial charge in [0.15, 0.2) is 6.61 Å². The lowest BCUT2D eigenvalue weighted by atomic mass is 9.83. The smallest absolute Gasteiger partial charge is 0.341 e. The number of fused-ring (bicyclic) bond motifs is 1. The predicted molar refractivity (Wildman–Crippen MR) is 139 cm³/mol. The Bertz CT molecular complexity index is 753. The van der Waals surface area contributed by atoms with Crippen LogP contribution in [0.15, 0.2) is 0 Å². The molecule has 4 heteroatoms. The normalized spacial score (nSPS) is 18.1. The zero-order chi connectivity index (χ0) is 25.2. The van der Waals surface area contributed by atoms with Crippen molar-refractivity contribution in [2.75, 3.05) is 6.61 Å². The highest BCUT2D eigenvalue weighted by Crippen LogP contribution is 2.45. The first-order valence-electron chi connectivity index (χ1n) is 13.3. The van der Waals surface area contributed by atoms with E-state index in [2.05, 4.69) is 41.5 Å². The maximum absolute atomic E-state index is 11.0. The predicted octanol–water partition coefficient (Wildman–Crippen LogP) is 8.07. The van der Waals surface area contributed by atoms with Gasteiger partial charge in [0.1, 0.15) is 17.1 Å². The van der Waals surface area contributed by atoms with Crippen LogP contribution in [0.1, 0.15) is 116 Å². The number of benzene rings is 1. The Kier molecular flexibility index (Phi) is 12.3. The fraction of sp³-hybridized carbons (Fsp3) is 0.759. The molecule has 0 spiro atoms. The SMILES string of the molecule is CC.CCc1c2c(c(C)c(C)c1OCC(=O)O)OC(C)(CCCC(C)CCCC(C)C)CC2. The third kappa shape index (κ3) is 8.54. The average Bonchev–Trinajstić information content (AvgIpc) is 2.76. The van der Waals surface area contributed by atoms with Gasteiger partial charge in [-0.15, -0.1) is 0 Å². The first-order chi connectivity index (χ1) is 15.6. The highest BCUT2D eigenvalue weighted by Gasteiger charge is 2.35. The number of aliphatic carboxylic acids is 1. The summed E-state index contributed by atoms with van der Waals surface area (Å²) in [6, 6.07) is 0. The van der Waals surface area contributed by atoms with Crippen LogP contribution in [-0.2, 0) is 17.6 Å². The summed E-state index contributed by atoms with van der Waals surface area (Å²) in [5, 5.41) is 9.05. The molecule has 33 heavy (non-hydrogen) atoms. The largest absolute Gasteiger partial charge is 0.487 e. The molecule has 1 heterocycles. The third-order valence-electron chi connectivity index (χ3n) is 6.98. The summed E-state index contributed by atoms with van der Waals surface area (Å²) in [6.45, 7) is 19.1. The summed E-state index contributed by atoms with van der Waals surface area (Å²) in [5.41, 5.74) is 4.28. The molecule has 2 atom stereocenters. The van der Waals surface area contributed by atoms with Gasteiger partial charge in [-0.2, -0.15) is 0 Å². The van der Waals surface area contributed by atoms with Crippen molar-refractivity contribution in [2.24, 2.45) is 11.8 Å². The second-order valence-electron chi connectivity index (χ2n) is 10.3. The first-order valence-corrected chi connectivity index (χ1v) is 13.3. The third-order valence-corrected chi connectivity index (χ3v) is 6.98. The van der Waals surface area contributed by atoms with E-state index in [9.17, 15) is 4.79 Å². The van der Waals surface area contributed by atoms with Gasteiger partial charge in [-0.25, -0.2) is 4.79 Å². The highest BCUT2D eigenvalue weighted by atomic mass is 16.5. The highest BCUT2D eigenvalue weighted by molar-refractivity contribution is 5.69. The zero-order valence-electron chi connectivity index (χ0n) is 22.9. The van der Waals surface area contributed by atoms with Crippen LogP contribution in [0, 0.1) is 25.7 Å². The molecule has 0 bridgehead atoms. The van der Waals surface area contributed by atoms with Crippen LogP contribution in [0.25, 0.3) is 0 Å². The molecule has 0 aliphatic carbocycles. The van der Waals surface area contributed by atoms with Gasteiger partial charge < -0.3 is 14.6 Å². The molecule has 0 radical (unpaired) electrons. The van der Waals surface area contributed by atoms with Crippen molar-refractivity contribution in [1.29, 1.82) is 0 Å². The quantitative estimate of drug-likeness (QED) is 0.341. The molecule has 1 N–H and O–H groups in total. The van der Waals surface area contributed by atoms with E-state index in [0.717, 1.165) is 65.7 Å². The van der Waals surface area contributed by atoms with Gasteiger partial charge in [0.25, 0.3) is 0 Å². The van der Waals surface area contributed by atoms with Gasteiger partial charge in [0.05, 0.1) is 0 Å². The number of carboxylic acid groups (broad SMARTS) is 1. The number of rotatable bonds is 12. The molecule has 0 saturated carbocycles. The lowest BCUT2D eigenvalue weighted by Crippen LogP contribution is -2.37. The molecule has 1 aromatic carbocycles. The Morgan fingerprint density at radius 3 is 2.30 bits per heavy atom. The minimum absolute atomic E-state index is 0.129. The van der Waals surface area contributed by atoms with E-state index in [4.69, 9.17) is 14.6 Å². The van der Waals surface area contributed by atoms with Crippen molar-refractivity contribution in [3.05, 3.63) is 22.3 Å². The molecule has 1 aromatic rings. The fourth-order valence-corrected chi connectivity index (χ4v) is 4.88. The van der Waals surface area contributed by atoms with Crippen LogP contribution in [0.3, 0.4) is 0 Å². The first kappa shape index (κ1) is 29.3. The monoisotopic (exact) mass is 462 g/mol. The Balaban J connectivity index is 0.00000265. The van der Waals surface area contributed by atoms with Crippen LogP contribution in [0.5, 0.6) is 11.5 Å². The van der Waals surface area contributed by atoms with Crippen LogP contribution < -0.4 is 9.47 Å². The maximum atomic E-state index is 11.0. The van der Waals surface area contributed by atoms with Crippen molar-refractivity contribution in [1.82, 2.24) is 0 Å². The minimum Gasteiger partial charge on any atom is -0.487 e. The Hall–Kier alpha value is -1.71. The Morgan fingerprint density at radius 2 is 1.73 bits per heavy atom. The van der Waals surface area contributed by atoms with Gasteiger partial charge in [-0.05, 0) is 75.8 Å².